The molecular weight excluding hydrogens is 110 g/mol. The molecule has 8 heavy (non-hydrogen) atoms. The first-order chi connectivity index (χ1) is 3.72. The third-order valence-electron chi connectivity index (χ3n) is 1.79. The monoisotopic (exact) mass is 120 g/mol. The number of rotatable bonds is 0. The zero-order chi connectivity index (χ0) is 6.15. The van der Waals surface area contributed by atoms with Gasteiger partial charge in [0.2, 0.25) is 0 Å². The van der Waals surface area contributed by atoms with Crippen LogP contribution in [-0.2, 0) is 0 Å². The lowest BCUT2D eigenvalue weighted by Gasteiger charge is -2.04. The Hall–Kier alpha value is -0.140. The second-order valence-electron chi connectivity index (χ2n) is 2.52. The fourth-order valence-corrected chi connectivity index (χ4v) is 1.10. The molecule has 2 heteroatoms. The molecule has 0 aromatic carbocycles. The maximum atomic E-state index is 12.3. The van der Waals surface area contributed by atoms with Crippen LogP contribution in [0.15, 0.2) is 0 Å². The van der Waals surface area contributed by atoms with Crippen LogP contribution in [0, 0.1) is 5.92 Å². The topological polar surface area (TPSA) is 0 Å². The third-order valence-corrected chi connectivity index (χ3v) is 1.79. The summed E-state index contributed by atoms with van der Waals surface area (Å²) in [5.74, 6) is -0.0509. The molecule has 0 heterocycles. The van der Waals surface area contributed by atoms with E-state index in [2.05, 4.69) is 0 Å². The Morgan fingerprint density at radius 2 is 1.88 bits per heavy atom. The summed E-state index contributed by atoms with van der Waals surface area (Å²) < 4.78 is 24.5. The standard InChI is InChI=1S/C6H10F2/c1-4-2-3-5(7)6(4)8/h4-6H,2-3H2,1H3/t4?,5-,6+/m1/s1. The highest BCUT2D eigenvalue weighted by atomic mass is 19.2. The van der Waals surface area contributed by atoms with Gasteiger partial charge >= 0.3 is 0 Å². The first-order valence-electron chi connectivity index (χ1n) is 3.00. The summed E-state index contributed by atoms with van der Waals surface area (Å²) in [6.45, 7) is 1.75. The van der Waals surface area contributed by atoms with Crippen LogP contribution in [-0.4, -0.2) is 12.3 Å². The van der Waals surface area contributed by atoms with Gasteiger partial charge in [-0.3, -0.25) is 0 Å². The Balaban J connectivity index is 2.44. The summed E-state index contributed by atoms with van der Waals surface area (Å²) in [5, 5.41) is 0. The van der Waals surface area contributed by atoms with E-state index in [-0.39, 0.29) is 5.92 Å². The van der Waals surface area contributed by atoms with Crippen LogP contribution in [0.3, 0.4) is 0 Å². The van der Waals surface area contributed by atoms with Gasteiger partial charge in [-0.05, 0) is 18.8 Å². The van der Waals surface area contributed by atoms with Crippen LogP contribution >= 0.6 is 0 Å². The number of halogens is 2. The minimum Gasteiger partial charge on any atom is -0.244 e. The molecular formula is C6H10F2. The van der Waals surface area contributed by atoms with Crippen molar-refractivity contribution in [1.29, 1.82) is 0 Å². The van der Waals surface area contributed by atoms with Crippen molar-refractivity contribution in [3.63, 3.8) is 0 Å². The Morgan fingerprint density at radius 3 is 2.00 bits per heavy atom. The molecule has 0 spiro atoms. The Kier molecular flexibility index (Phi) is 1.49. The van der Waals surface area contributed by atoms with Crippen molar-refractivity contribution in [2.45, 2.75) is 32.1 Å². The zero-order valence-corrected chi connectivity index (χ0v) is 4.90. The molecule has 1 aliphatic rings. The lowest BCUT2D eigenvalue weighted by atomic mass is 10.1. The molecule has 0 aromatic rings. The van der Waals surface area contributed by atoms with E-state index in [1.54, 1.807) is 6.92 Å². The molecule has 1 unspecified atom stereocenters. The molecule has 0 saturated heterocycles. The van der Waals surface area contributed by atoms with Crippen LogP contribution in [0.1, 0.15) is 19.8 Å². The van der Waals surface area contributed by atoms with E-state index in [1.807, 2.05) is 0 Å². The van der Waals surface area contributed by atoms with Gasteiger partial charge in [0.1, 0.15) is 12.3 Å². The fourth-order valence-electron chi connectivity index (χ4n) is 1.10. The molecule has 0 nitrogen and oxygen atoms in total. The smallest absolute Gasteiger partial charge is 0.134 e. The van der Waals surface area contributed by atoms with Crippen molar-refractivity contribution < 1.29 is 8.78 Å². The van der Waals surface area contributed by atoms with Gasteiger partial charge in [0.25, 0.3) is 0 Å². The summed E-state index contributed by atoms with van der Waals surface area (Å²) in [7, 11) is 0. The average molecular weight is 120 g/mol. The highest BCUT2D eigenvalue weighted by Crippen LogP contribution is 2.30. The van der Waals surface area contributed by atoms with Crippen molar-refractivity contribution in [2.24, 2.45) is 5.92 Å². The molecule has 48 valence electrons. The zero-order valence-electron chi connectivity index (χ0n) is 4.90. The fraction of sp³-hybridized carbons (Fsp3) is 1.00. The van der Waals surface area contributed by atoms with Gasteiger partial charge in [-0.2, -0.15) is 0 Å². The number of alkyl halides is 2. The van der Waals surface area contributed by atoms with Gasteiger partial charge in [0.05, 0.1) is 0 Å². The molecule has 1 fully saturated rings. The second-order valence-corrected chi connectivity index (χ2v) is 2.52. The highest BCUT2D eigenvalue weighted by molar-refractivity contribution is 4.81. The van der Waals surface area contributed by atoms with Gasteiger partial charge < -0.3 is 0 Å². The largest absolute Gasteiger partial charge is 0.244 e. The van der Waals surface area contributed by atoms with Gasteiger partial charge in [-0.1, -0.05) is 6.92 Å². The number of hydrogen-bond acceptors (Lipinski definition) is 0. The Labute approximate surface area is 47.9 Å². The first-order valence-corrected chi connectivity index (χ1v) is 3.00. The molecule has 0 aliphatic heterocycles. The lowest BCUT2D eigenvalue weighted by Crippen LogP contribution is -2.13. The summed E-state index contributed by atoms with van der Waals surface area (Å²) in [6, 6.07) is 0. The molecule has 0 amide bonds. The van der Waals surface area contributed by atoms with Crippen LogP contribution in [0.2, 0.25) is 0 Å². The maximum Gasteiger partial charge on any atom is 0.134 e. The van der Waals surface area contributed by atoms with Crippen LogP contribution in [0.4, 0.5) is 8.78 Å². The minimum absolute atomic E-state index is 0.0509. The van der Waals surface area contributed by atoms with Crippen molar-refractivity contribution in [1.82, 2.24) is 0 Å². The van der Waals surface area contributed by atoms with Crippen LogP contribution in [0.25, 0.3) is 0 Å². The van der Waals surface area contributed by atoms with Crippen molar-refractivity contribution in [2.75, 3.05) is 0 Å². The number of hydrogen-bond donors (Lipinski definition) is 0. The van der Waals surface area contributed by atoms with Gasteiger partial charge in [-0.15, -0.1) is 0 Å². The SMILES string of the molecule is CC1CC[C@@H](F)[C@H]1F. The van der Waals surface area contributed by atoms with Crippen LogP contribution < -0.4 is 0 Å². The first kappa shape index (κ1) is 5.99. The van der Waals surface area contributed by atoms with Crippen molar-refractivity contribution in [3.05, 3.63) is 0 Å². The third kappa shape index (κ3) is 0.837. The minimum atomic E-state index is -1.19. The highest BCUT2D eigenvalue weighted by Gasteiger charge is 2.32. The van der Waals surface area contributed by atoms with E-state index in [4.69, 9.17) is 0 Å². The normalized spacial score (nSPS) is 47.6. The summed E-state index contributed by atoms with van der Waals surface area (Å²) >= 11 is 0. The van der Waals surface area contributed by atoms with E-state index < -0.39 is 12.3 Å². The van der Waals surface area contributed by atoms with E-state index in [9.17, 15) is 8.78 Å². The van der Waals surface area contributed by atoms with Gasteiger partial charge in [0.15, 0.2) is 0 Å². The Morgan fingerprint density at radius 1 is 1.25 bits per heavy atom. The second kappa shape index (κ2) is 2.00. The predicted molar refractivity (Wildman–Crippen MR) is 28.2 cm³/mol. The van der Waals surface area contributed by atoms with Crippen LogP contribution in [0.5, 0.6) is 0 Å². The van der Waals surface area contributed by atoms with E-state index in [1.165, 1.54) is 0 Å². The molecule has 0 aromatic heterocycles. The summed E-state index contributed by atoms with van der Waals surface area (Å²) in [4.78, 5) is 0. The lowest BCUT2D eigenvalue weighted by molar-refractivity contribution is 0.170. The van der Waals surface area contributed by atoms with E-state index >= 15 is 0 Å². The molecule has 0 bridgehead atoms. The molecule has 0 N–H and O–H groups in total. The quantitative estimate of drug-likeness (QED) is 0.459. The van der Waals surface area contributed by atoms with Gasteiger partial charge in [0, 0.05) is 0 Å². The Bertz CT molecular complexity index is 72.6. The molecule has 3 atom stereocenters. The van der Waals surface area contributed by atoms with Gasteiger partial charge in [-0.25, -0.2) is 8.78 Å². The summed E-state index contributed by atoms with van der Waals surface area (Å²) in [5.41, 5.74) is 0. The van der Waals surface area contributed by atoms with Crippen molar-refractivity contribution >= 4 is 0 Å². The molecule has 1 aliphatic carbocycles. The maximum absolute atomic E-state index is 12.3. The summed E-state index contributed by atoms with van der Waals surface area (Å²) in [6.07, 6.45) is -1.23. The molecule has 0 radical (unpaired) electrons. The average Bonchev–Trinajstić information content (AvgIpc) is 1.98. The van der Waals surface area contributed by atoms with Crippen molar-refractivity contribution in [3.8, 4) is 0 Å². The van der Waals surface area contributed by atoms with E-state index in [0.717, 1.165) is 0 Å². The predicted octanol–water partition coefficient (Wildman–Crippen LogP) is 2.09. The van der Waals surface area contributed by atoms with E-state index in [0.29, 0.717) is 12.8 Å². The molecule has 1 saturated carbocycles. The molecule has 1 rings (SSSR count).